The number of halogens is 2. The highest BCUT2D eigenvalue weighted by atomic mass is 19.3. The number of alkyl halides is 2. The van der Waals surface area contributed by atoms with E-state index in [0.717, 1.165) is 36.3 Å². The molecule has 0 aliphatic rings. The molecule has 0 saturated carbocycles. The zero-order valence-corrected chi connectivity index (χ0v) is 10.9. The van der Waals surface area contributed by atoms with Crippen molar-refractivity contribution in [1.29, 1.82) is 0 Å². The van der Waals surface area contributed by atoms with E-state index in [9.17, 15) is 8.78 Å². The van der Waals surface area contributed by atoms with Crippen molar-refractivity contribution in [2.75, 3.05) is 0 Å². The van der Waals surface area contributed by atoms with E-state index in [-0.39, 0.29) is 5.75 Å². The fourth-order valence-electron chi connectivity index (χ4n) is 1.70. The second-order valence-electron chi connectivity index (χ2n) is 4.23. The lowest BCUT2D eigenvalue weighted by molar-refractivity contribution is -0.0499. The number of rotatable bonds is 7. The molecule has 0 saturated heterocycles. The maximum Gasteiger partial charge on any atom is 0.387 e. The van der Waals surface area contributed by atoms with Crippen molar-refractivity contribution in [3.8, 4) is 5.75 Å². The molecule has 0 aliphatic heterocycles. The van der Waals surface area contributed by atoms with Crippen LogP contribution in [0, 0.1) is 5.92 Å². The Morgan fingerprint density at radius 3 is 2.67 bits per heavy atom. The molecule has 0 heterocycles. The van der Waals surface area contributed by atoms with Crippen molar-refractivity contribution >= 4 is 0 Å². The molecule has 0 aromatic heterocycles. The standard InChI is InChI=1S/C15H19F2O/c1-4-6-7-12-8-13(11(3)5-2)10-14(9-12)18-15(16)17/h5,8-10,15H,2,4,6-7H2,1,3H3. The summed E-state index contributed by atoms with van der Waals surface area (Å²) in [6.07, 6.45) is 4.68. The van der Waals surface area contributed by atoms with Gasteiger partial charge in [0.1, 0.15) is 5.75 Å². The lowest BCUT2D eigenvalue weighted by Gasteiger charge is -2.12. The van der Waals surface area contributed by atoms with Crippen molar-refractivity contribution < 1.29 is 13.5 Å². The van der Waals surface area contributed by atoms with Crippen LogP contribution in [0.4, 0.5) is 8.78 Å². The van der Waals surface area contributed by atoms with Crippen LogP contribution in [0.25, 0.3) is 0 Å². The van der Waals surface area contributed by atoms with Crippen LogP contribution in [0.5, 0.6) is 5.75 Å². The second-order valence-corrected chi connectivity index (χ2v) is 4.23. The van der Waals surface area contributed by atoms with Gasteiger partial charge in [-0.2, -0.15) is 8.78 Å². The van der Waals surface area contributed by atoms with E-state index in [4.69, 9.17) is 0 Å². The van der Waals surface area contributed by atoms with Gasteiger partial charge in [-0.15, -0.1) is 6.58 Å². The molecule has 1 rings (SSSR count). The fourth-order valence-corrected chi connectivity index (χ4v) is 1.70. The second kappa shape index (κ2) is 7.14. The van der Waals surface area contributed by atoms with E-state index in [1.54, 1.807) is 18.2 Å². The van der Waals surface area contributed by atoms with Crippen LogP contribution in [0.3, 0.4) is 0 Å². The molecule has 0 N–H and O–H groups in total. The Kier molecular flexibility index (Phi) is 5.83. The summed E-state index contributed by atoms with van der Waals surface area (Å²) in [7, 11) is 0. The Bertz CT molecular complexity index is 388. The van der Waals surface area contributed by atoms with E-state index in [0.29, 0.717) is 0 Å². The van der Waals surface area contributed by atoms with E-state index in [2.05, 4.69) is 18.2 Å². The first kappa shape index (κ1) is 14.7. The van der Waals surface area contributed by atoms with Gasteiger partial charge in [0.15, 0.2) is 0 Å². The summed E-state index contributed by atoms with van der Waals surface area (Å²) in [6, 6.07) is 5.31. The number of unbranched alkanes of at least 4 members (excludes halogenated alkanes) is 1. The first-order valence-electron chi connectivity index (χ1n) is 6.12. The van der Waals surface area contributed by atoms with Gasteiger partial charge in [-0.3, -0.25) is 0 Å². The molecule has 0 atom stereocenters. The maximum atomic E-state index is 12.3. The number of benzene rings is 1. The molecule has 0 aliphatic carbocycles. The molecule has 1 nitrogen and oxygen atoms in total. The largest absolute Gasteiger partial charge is 0.435 e. The summed E-state index contributed by atoms with van der Waals surface area (Å²) in [5.74, 6) is 1.17. The average Bonchev–Trinajstić information content (AvgIpc) is 2.34. The molecule has 0 fully saturated rings. The molecule has 0 bridgehead atoms. The van der Waals surface area contributed by atoms with Gasteiger partial charge < -0.3 is 4.74 Å². The van der Waals surface area contributed by atoms with Crippen molar-refractivity contribution in [1.82, 2.24) is 0 Å². The minimum Gasteiger partial charge on any atom is -0.435 e. The van der Waals surface area contributed by atoms with E-state index >= 15 is 0 Å². The molecule has 3 heteroatoms. The van der Waals surface area contributed by atoms with Gasteiger partial charge >= 0.3 is 6.61 Å². The van der Waals surface area contributed by atoms with Crippen LogP contribution >= 0.6 is 0 Å². The Morgan fingerprint density at radius 2 is 2.11 bits per heavy atom. The summed E-state index contributed by atoms with van der Waals surface area (Å²) in [6.45, 7) is 4.90. The van der Waals surface area contributed by atoms with Crippen LogP contribution in [0.2, 0.25) is 0 Å². The summed E-state index contributed by atoms with van der Waals surface area (Å²) >= 11 is 0. The predicted octanol–water partition coefficient (Wildman–Crippen LogP) is 4.76. The van der Waals surface area contributed by atoms with E-state index < -0.39 is 6.61 Å². The van der Waals surface area contributed by atoms with Crippen LogP contribution < -0.4 is 4.74 Å². The molecule has 99 valence electrons. The normalized spacial score (nSPS) is 11.0. The summed E-state index contributed by atoms with van der Waals surface area (Å²) in [5.41, 5.74) is 1.90. The Balaban J connectivity index is 2.99. The molecule has 0 amide bonds. The quantitative estimate of drug-likeness (QED) is 0.680. The van der Waals surface area contributed by atoms with Gasteiger partial charge in [0.05, 0.1) is 0 Å². The van der Waals surface area contributed by atoms with Crippen LogP contribution in [-0.2, 0) is 6.42 Å². The third kappa shape index (κ3) is 4.47. The number of hydrogen-bond donors (Lipinski definition) is 0. The minimum absolute atomic E-state index is 0.217. The van der Waals surface area contributed by atoms with Gasteiger partial charge in [0.25, 0.3) is 0 Å². The van der Waals surface area contributed by atoms with Crippen LogP contribution in [-0.4, -0.2) is 6.61 Å². The highest BCUT2D eigenvalue weighted by Gasteiger charge is 2.10. The summed E-state index contributed by atoms with van der Waals surface area (Å²) in [4.78, 5) is 0. The number of hydrogen-bond acceptors (Lipinski definition) is 1. The molecule has 0 spiro atoms. The number of allylic oxidation sites excluding steroid dienone is 1. The molecule has 1 aromatic rings. The fraction of sp³-hybridized carbons (Fsp3) is 0.400. The highest BCUT2D eigenvalue weighted by molar-refractivity contribution is 5.43. The van der Waals surface area contributed by atoms with Crippen molar-refractivity contribution in [3.63, 3.8) is 0 Å². The Hall–Kier alpha value is -1.38. The number of aryl methyl sites for hydroxylation is 1. The smallest absolute Gasteiger partial charge is 0.387 e. The van der Waals surface area contributed by atoms with Crippen molar-refractivity contribution in [3.05, 3.63) is 47.9 Å². The SMILES string of the molecule is C=C[C](C)c1cc(CCCC)cc(OC(F)F)c1. The van der Waals surface area contributed by atoms with Gasteiger partial charge in [-0.05, 0) is 36.1 Å². The maximum absolute atomic E-state index is 12.3. The Morgan fingerprint density at radius 1 is 1.39 bits per heavy atom. The highest BCUT2D eigenvalue weighted by Crippen LogP contribution is 2.25. The lowest BCUT2D eigenvalue weighted by Crippen LogP contribution is -2.04. The van der Waals surface area contributed by atoms with Gasteiger partial charge in [-0.1, -0.05) is 32.4 Å². The molecular formula is C15H19F2O. The Labute approximate surface area is 107 Å². The average molecular weight is 253 g/mol. The monoisotopic (exact) mass is 253 g/mol. The third-order valence-electron chi connectivity index (χ3n) is 2.77. The predicted molar refractivity (Wildman–Crippen MR) is 69.9 cm³/mol. The summed E-state index contributed by atoms with van der Waals surface area (Å²) < 4.78 is 29.0. The van der Waals surface area contributed by atoms with Crippen molar-refractivity contribution in [2.24, 2.45) is 0 Å². The van der Waals surface area contributed by atoms with E-state index in [1.165, 1.54) is 0 Å². The van der Waals surface area contributed by atoms with Crippen molar-refractivity contribution in [2.45, 2.75) is 39.7 Å². The first-order chi connectivity index (χ1) is 8.56. The third-order valence-corrected chi connectivity index (χ3v) is 2.77. The summed E-state index contributed by atoms with van der Waals surface area (Å²) in [5, 5.41) is 0. The molecule has 1 aromatic carbocycles. The van der Waals surface area contributed by atoms with Gasteiger partial charge in [-0.25, -0.2) is 0 Å². The minimum atomic E-state index is -2.79. The van der Waals surface area contributed by atoms with E-state index in [1.807, 2.05) is 13.0 Å². The van der Waals surface area contributed by atoms with Gasteiger partial charge in [0.2, 0.25) is 0 Å². The van der Waals surface area contributed by atoms with Crippen LogP contribution in [0.15, 0.2) is 30.9 Å². The molecule has 18 heavy (non-hydrogen) atoms. The zero-order valence-electron chi connectivity index (χ0n) is 10.9. The zero-order chi connectivity index (χ0) is 13.5. The number of ether oxygens (including phenoxy) is 1. The molecular weight excluding hydrogens is 234 g/mol. The lowest BCUT2D eigenvalue weighted by atomic mass is 9.97. The molecule has 1 radical (unpaired) electrons. The van der Waals surface area contributed by atoms with Gasteiger partial charge in [0, 0.05) is 5.92 Å². The first-order valence-corrected chi connectivity index (χ1v) is 6.12. The topological polar surface area (TPSA) is 9.23 Å². The van der Waals surface area contributed by atoms with Crippen LogP contribution in [0.1, 0.15) is 37.8 Å². The molecule has 0 unspecified atom stereocenters.